The summed E-state index contributed by atoms with van der Waals surface area (Å²) in [6, 6.07) is 1.90. The van der Waals surface area contributed by atoms with Gasteiger partial charge >= 0.3 is 0 Å². The van der Waals surface area contributed by atoms with Gasteiger partial charge in [-0.2, -0.15) is 5.48 Å². The number of benzene rings is 1. The Morgan fingerprint density at radius 2 is 2.14 bits per heavy atom. The first-order valence-electron chi connectivity index (χ1n) is 4.31. The molecule has 78 valence electrons. The third-order valence-electron chi connectivity index (χ3n) is 2.29. The second-order valence-corrected chi connectivity index (χ2v) is 4.01. The molecule has 1 aromatic carbocycles. The third-order valence-corrected chi connectivity index (χ3v) is 2.90. The fourth-order valence-corrected chi connectivity index (χ4v) is 1.87. The molecule has 0 amide bonds. The molecule has 0 aromatic heterocycles. The highest BCUT2D eigenvalue weighted by Gasteiger charge is 2.10. The monoisotopic (exact) mass is 259 g/mol. The van der Waals surface area contributed by atoms with Gasteiger partial charge in [-0.1, -0.05) is 0 Å². The van der Waals surface area contributed by atoms with Crippen LogP contribution in [0.5, 0.6) is 5.75 Å². The Kier molecular flexibility index (Phi) is 3.92. The molecule has 2 N–H and O–H groups in total. The molecule has 0 atom stereocenters. The van der Waals surface area contributed by atoms with Gasteiger partial charge in [0.25, 0.3) is 0 Å². The average Bonchev–Trinajstić information content (AvgIpc) is 2.15. The number of nitrogens with one attached hydrogen (secondary N) is 1. The molecule has 4 heteroatoms. The van der Waals surface area contributed by atoms with Crippen LogP contribution in [0.4, 0.5) is 0 Å². The van der Waals surface area contributed by atoms with E-state index in [0.29, 0.717) is 11.0 Å². The molecule has 0 saturated heterocycles. The lowest BCUT2D eigenvalue weighted by atomic mass is 10.0. The highest BCUT2D eigenvalue weighted by molar-refractivity contribution is 9.10. The van der Waals surface area contributed by atoms with Crippen LogP contribution in [-0.4, -0.2) is 12.2 Å². The number of aromatic hydroxyl groups is 1. The van der Waals surface area contributed by atoms with Crippen molar-refractivity contribution < 1.29 is 9.94 Å². The quantitative estimate of drug-likeness (QED) is 0.820. The summed E-state index contributed by atoms with van der Waals surface area (Å²) in [5.41, 5.74) is 5.80. The lowest BCUT2D eigenvalue weighted by Gasteiger charge is -2.12. The van der Waals surface area contributed by atoms with Crippen molar-refractivity contribution in [3.63, 3.8) is 0 Å². The summed E-state index contributed by atoms with van der Waals surface area (Å²) >= 11 is 3.30. The van der Waals surface area contributed by atoms with Crippen molar-refractivity contribution in [2.75, 3.05) is 7.11 Å². The van der Waals surface area contributed by atoms with Gasteiger partial charge < -0.3 is 9.94 Å². The van der Waals surface area contributed by atoms with Crippen molar-refractivity contribution in [1.82, 2.24) is 5.48 Å². The molecule has 1 rings (SSSR count). The van der Waals surface area contributed by atoms with Crippen molar-refractivity contribution in [3.05, 3.63) is 27.2 Å². The molecule has 0 bridgehead atoms. The van der Waals surface area contributed by atoms with Crippen LogP contribution in [0.15, 0.2) is 10.5 Å². The van der Waals surface area contributed by atoms with E-state index in [9.17, 15) is 5.11 Å². The van der Waals surface area contributed by atoms with E-state index in [-0.39, 0.29) is 5.75 Å². The van der Waals surface area contributed by atoms with Crippen LogP contribution in [0.1, 0.15) is 16.7 Å². The second kappa shape index (κ2) is 4.77. The highest BCUT2D eigenvalue weighted by Crippen LogP contribution is 2.32. The van der Waals surface area contributed by atoms with Crippen LogP contribution < -0.4 is 5.48 Å². The van der Waals surface area contributed by atoms with E-state index < -0.39 is 0 Å². The molecular formula is C10H14BrNO2. The number of aryl methyl sites for hydroxylation is 1. The SMILES string of the molecule is CONCc1c(C)c(C)cc(Br)c1O. The van der Waals surface area contributed by atoms with Gasteiger partial charge in [-0.05, 0) is 47.0 Å². The second-order valence-electron chi connectivity index (χ2n) is 3.15. The van der Waals surface area contributed by atoms with Gasteiger partial charge in [0, 0.05) is 12.1 Å². The van der Waals surface area contributed by atoms with Crippen LogP contribution in [0.3, 0.4) is 0 Å². The Balaban J connectivity index is 3.11. The molecule has 14 heavy (non-hydrogen) atoms. The summed E-state index contributed by atoms with van der Waals surface area (Å²) in [4.78, 5) is 4.76. The molecule has 0 spiro atoms. The zero-order chi connectivity index (χ0) is 10.7. The zero-order valence-electron chi connectivity index (χ0n) is 8.52. The molecule has 0 aliphatic heterocycles. The van der Waals surface area contributed by atoms with Crippen LogP contribution in [0.25, 0.3) is 0 Å². The minimum atomic E-state index is 0.276. The maximum atomic E-state index is 9.79. The molecule has 0 fully saturated rings. The van der Waals surface area contributed by atoms with Crippen molar-refractivity contribution in [2.45, 2.75) is 20.4 Å². The number of hydrogen-bond donors (Lipinski definition) is 2. The third kappa shape index (κ3) is 2.26. The first kappa shape index (κ1) is 11.5. The molecule has 0 radical (unpaired) electrons. The summed E-state index contributed by atoms with van der Waals surface area (Å²) in [6.07, 6.45) is 0. The molecule has 3 nitrogen and oxygen atoms in total. The first-order valence-corrected chi connectivity index (χ1v) is 5.10. The topological polar surface area (TPSA) is 41.5 Å². The summed E-state index contributed by atoms with van der Waals surface area (Å²) in [5.74, 6) is 0.276. The van der Waals surface area contributed by atoms with Gasteiger partial charge in [0.05, 0.1) is 11.6 Å². The Morgan fingerprint density at radius 1 is 1.50 bits per heavy atom. The summed E-state index contributed by atoms with van der Waals surface area (Å²) in [7, 11) is 1.55. The van der Waals surface area contributed by atoms with Crippen LogP contribution in [0, 0.1) is 13.8 Å². The molecule has 1 aromatic rings. The number of hydroxylamine groups is 1. The van der Waals surface area contributed by atoms with Crippen molar-refractivity contribution in [3.8, 4) is 5.75 Å². The van der Waals surface area contributed by atoms with E-state index in [1.165, 1.54) is 0 Å². The predicted molar refractivity (Wildman–Crippen MR) is 59.1 cm³/mol. The lowest BCUT2D eigenvalue weighted by molar-refractivity contribution is 0.0860. The summed E-state index contributed by atoms with van der Waals surface area (Å²) < 4.78 is 0.716. The number of halogens is 1. The van der Waals surface area contributed by atoms with Gasteiger partial charge in [-0.25, -0.2) is 0 Å². The minimum absolute atomic E-state index is 0.276. The Labute approximate surface area is 92.2 Å². The Bertz CT molecular complexity index is 313. The summed E-state index contributed by atoms with van der Waals surface area (Å²) in [6.45, 7) is 4.48. The van der Waals surface area contributed by atoms with Crippen molar-refractivity contribution >= 4 is 15.9 Å². The Morgan fingerprint density at radius 3 is 2.71 bits per heavy atom. The van der Waals surface area contributed by atoms with Gasteiger partial charge in [0.1, 0.15) is 5.75 Å². The van der Waals surface area contributed by atoms with Crippen LogP contribution >= 0.6 is 15.9 Å². The fourth-order valence-electron chi connectivity index (χ4n) is 1.29. The largest absolute Gasteiger partial charge is 0.506 e. The average molecular weight is 260 g/mol. The number of phenolic OH excluding ortho intramolecular Hbond substituents is 1. The normalized spacial score (nSPS) is 10.6. The van der Waals surface area contributed by atoms with Crippen LogP contribution in [0.2, 0.25) is 0 Å². The van der Waals surface area contributed by atoms with Gasteiger partial charge in [-0.15, -0.1) is 0 Å². The summed E-state index contributed by atoms with van der Waals surface area (Å²) in [5, 5.41) is 9.79. The lowest BCUT2D eigenvalue weighted by Crippen LogP contribution is -2.12. The number of hydrogen-bond acceptors (Lipinski definition) is 3. The van der Waals surface area contributed by atoms with Crippen LogP contribution in [-0.2, 0) is 11.4 Å². The van der Waals surface area contributed by atoms with E-state index in [1.807, 2.05) is 19.9 Å². The van der Waals surface area contributed by atoms with Gasteiger partial charge in [0.2, 0.25) is 0 Å². The molecule has 0 aliphatic carbocycles. The van der Waals surface area contributed by atoms with E-state index in [1.54, 1.807) is 7.11 Å². The molecule has 0 saturated carbocycles. The predicted octanol–water partition coefficient (Wildman–Crippen LogP) is 2.42. The zero-order valence-corrected chi connectivity index (χ0v) is 10.1. The van der Waals surface area contributed by atoms with Gasteiger partial charge in [0.15, 0.2) is 0 Å². The molecule has 0 unspecified atom stereocenters. The number of phenols is 1. The smallest absolute Gasteiger partial charge is 0.134 e. The molecular weight excluding hydrogens is 246 g/mol. The maximum Gasteiger partial charge on any atom is 0.134 e. The highest BCUT2D eigenvalue weighted by atomic mass is 79.9. The minimum Gasteiger partial charge on any atom is -0.506 e. The van der Waals surface area contributed by atoms with E-state index in [0.717, 1.165) is 16.7 Å². The molecule has 0 aliphatic rings. The fraction of sp³-hybridized carbons (Fsp3) is 0.400. The van der Waals surface area contributed by atoms with E-state index >= 15 is 0 Å². The standard InChI is InChI=1S/C10H14BrNO2/c1-6-4-9(11)10(13)8(7(6)2)5-12-14-3/h4,12-13H,5H2,1-3H3. The number of rotatable bonds is 3. The van der Waals surface area contributed by atoms with E-state index in [2.05, 4.69) is 21.4 Å². The first-order chi connectivity index (χ1) is 6.57. The van der Waals surface area contributed by atoms with E-state index in [4.69, 9.17) is 4.84 Å². The van der Waals surface area contributed by atoms with Gasteiger partial charge in [-0.3, -0.25) is 0 Å². The Hall–Kier alpha value is -0.580. The van der Waals surface area contributed by atoms with Crippen molar-refractivity contribution in [1.29, 1.82) is 0 Å². The maximum absolute atomic E-state index is 9.79. The van der Waals surface area contributed by atoms with Crippen molar-refractivity contribution in [2.24, 2.45) is 0 Å². The molecule has 0 heterocycles.